The van der Waals surface area contributed by atoms with Gasteiger partial charge in [0.05, 0.1) is 0 Å². The second-order valence-electron chi connectivity index (χ2n) is 30.7. The van der Waals surface area contributed by atoms with Gasteiger partial charge in [0, 0.05) is 0 Å². The van der Waals surface area contributed by atoms with E-state index in [4.69, 9.17) is 0 Å². The number of hydrogen-bond donors (Lipinski definition) is 0. The van der Waals surface area contributed by atoms with E-state index in [0.29, 0.717) is 0 Å². The molecule has 0 aromatic heterocycles. The fourth-order valence-corrected chi connectivity index (χ4v) is 17.5. The van der Waals surface area contributed by atoms with Crippen molar-refractivity contribution in [2.75, 3.05) is 0 Å². The van der Waals surface area contributed by atoms with Crippen LogP contribution in [0.1, 0.15) is 0 Å². The third kappa shape index (κ3) is 13.5. The van der Waals surface area contributed by atoms with Gasteiger partial charge in [-0.15, -0.1) is 0 Å². The summed E-state index contributed by atoms with van der Waals surface area (Å²) in [5.74, 6) is 0. The summed E-state index contributed by atoms with van der Waals surface area (Å²) in [5, 5.41) is 9.76. The topological polar surface area (TPSA) is 0 Å². The SMILES string of the molecule is c1ccc(-c2cc(-c3ccccc3)cc(-c3ccc(-c4cc5cc(-c6ccc(-c7cc(-c8ccccc8)cc(-c8ccccc8)c7)cc6)cc6c7cc(-c8ccc(-c9cc(-c%10ccccc%10)cc(-c%10ccccc%10)c9)cc8)cc8cc(-c9ccc(-c%10cc(-c%11ccccc%11)cc(-c%11ccccc%11)c%10)cc9)cc(c(c4)c56)c87)cc3)c2)cc1. The minimum Gasteiger partial charge on any atom is -0.0622 e. The van der Waals surface area contributed by atoms with Crippen molar-refractivity contribution >= 4 is 43.1 Å². The fourth-order valence-electron chi connectivity index (χ4n) is 17.5. The lowest BCUT2D eigenvalue weighted by atomic mass is 9.83. The first-order chi connectivity index (χ1) is 57.4. The van der Waals surface area contributed by atoms with Crippen molar-refractivity contribution < 1.29 is 0 Å². The number of rotatable bonds is 16. The van der Waals surface area contributed by atoms with Crippen LogP contribution in [0.5, 0.6) is 0 Å². The normalized spacial score (nSPS) is 11.4. The molecule has 0 aliphatic heterocycles. The summed E-state index contributed by atoms with van der Waals surface area (Å²) >= 11 is 0. The first-order valence-electron chi connectivity index (χ1n) is 40.1. The Bertz CT molecular complexity index is 6070. The largest absolute Gasteiger partial charge is 0.0622 e. The average Bonchev–Trinajstić information content (AvgIpc) is 0.703. The first kappa shape index (κ1) is 68.9. The number of fused-ring (bicyclic) bond motifs is 2. The predicted octanol–water partition coefficient (Wildman–Crippen LogP) is 32.4. The lowest BCUT2D eigenvalue weighted by Gasteiger charge is -2.20. The molecule has 0 radical (unpaired) electrons. The summed E-state index contributed by atoms with van der Waals surface area (Å²) in [5.41, 5.74) is 37.7. The van der Waals surface area contributed by atoms with Crippen LogP contribution in [0.25, 0.3) is 221 Å². The van der Waals surface area contributed by atoms with Crippen LogP contribution < -0.4 is 0 Å². The van der Waals surface area contributed by atoms with E-state index in [1.807, 2.05) is 0 Å². The summed E-state index contributed by atoms with van der Waals surface area (Å²) in [6.45, 7) is 0. The van der Waals surface area contributed by atoms with Crippen LogP contribution >= 0.6 is 0 Å². The summed E-state index contributed by atoms with van der Waals surface area (Å²) in [6.07, 6.45) is 0. The van der Waals surface area contributed by atoms with E-state index < -0.39 is 0 Å². The van der Waals surface area contributed by atoms with Gasteiger partial charge in [-0.1, -0.05) is 340 Å². The van der Waals surface area contributed by atoms with Crippen molar-refractivity contribution in [3.05, 3.63) is 461 Å². The van der Waals surface area contributed by atoms with Crippen molar-refractivity contribution in [1.29, 1.82) is 0 Å². The van der Waals surface area contributed by atoms with Crippen LogP contribution in [0.3, 0.4) is 0 Å². The maximum atomic E-state index is 2.49. The molecule has 0 spiro atoms. The zero-order valence-electron chi connectivity index (χ0n) is 63.9. The van der Waals surface area contributed by atoms with Crippen LogP contribution in [0.2, 0.25) is 0 Å². The van der Waals surface area contributed by atoms with Crippen LogP contribution in [-0.2, 0) is 0 Å². The van der Waals surface area contributed by atoms with E-state index in [0.717, 1.165) is 66.8 Å². The van der Waals surface area contributed by atoms with E-state index in [1.165, 1.54) is 154 Å². The highest BCUT2D eigenvalue weighted by molar-refractivity contribution is 6.35. The van der Waals surface area contributed by atoms with Gasteiger partial charge >= 0.3 is 0 Å². The fraction of sp³-hybridized carbons (Fsp3) is 0. The standard InChI is InChI=1S/C116H76/c1-9-25-77(26-10-1)93-57-94(78-27-11-2-12-28-78)62-101(61-93)85-41-49-89(50-42-85)105-69-109-70-106(90-51-43-86(44-52-90)102-63-95(79-29-13-3-14-30-79)58-96(64-102)80-31-15-4-16-32-80)75-113-114-76-108(92-55-47-88(48-56-92)104-67-99(83-37-21-7-22-38-83)60-100(68-104)84-39-23-8-24-40-84)72-110-71-107(74-112(116(110)114)111(73-105)115(109)113)91-53-45-87(46-54-91)103-65-97(81-33-17-5-18-34-81)59-98(66-103)82-35-19-6-20-36-82/h1-76H. The van der Waals surface area contributed by atoms with E-state index >= 15 is 0 Å². The molecule has 0 aliphatic carbocycles. The Kier molecular flexibility index (Phi) is 17.7. The van der Waals surface area contributed by atoms with Crippen LogP contribution in [0.15, 0.2) is 461 Å². The molecule has 0 nitrogen and oxygen atoms in total. The van der Waals surface area contributed by atoms with E-state index in [9.17, 15) is 0 Å². The third-order valence-corrected chi connectivity index (χ3v) is 23.5. The Morgan fingerprint density at radius 2 is 0.181 bits per heavy atom. The van der Waals surface area contributed by atoms with Crippen LogP contribution in [0.4, 0.5) is 0 Å². The second kappa shape index (κ2) is 29.9. The molecule has 540 valence electrons. The van der Waals surface area contributed by atoms with Gasteiger partial charge in [-0.2, -0.15) is 0 Å². The Hall–Kier alpha value is -15.1. The minimum atomic E-state index is 1.15. The number of hydrogen-bond acceptors (Lipinski definition) is 0. The maximum absolute atomic E-state index is 2.49. The molecule has 116 heavy (non-hydrogen) atoms. The summed E-state index contributed by atoms with van der Waals surface area (Å²) in [6, 6.07) is 171. The van der Waals surface area contributed by atoms with Gasteiger partial charge in [-0.05, 0) is 342 Å². The highest BCUT2D eigenvalue weighted by atomic mass is 14.3. The van der Waals surface area contributed by atoms with Gasteiger partial charge < -0.3 is 0 Å². The molecule has 0 aliphatic rings. The minimum absolute atomic E-state index is 1.15. The van der Waals surface area contributed by atoms with E-state index in [1.54, 1.807) is 0 Å². The molecule has 0 fully saturated rings. The monoisotopic (exact) mass is 1470 g/mol. The summed E-state index contributed by atoms with van der Waals surface area (Å²) in [7, 11) is 0. The molecule has 0 unspecified atom stereocenters. The summed E-state index contributed by atoms with van der Waals surface area (Å²) < 4.78 is 0. The molecule has 21 aromatic carbocycles. The van der Waals surface area contributed by atoms with Crippen LogP contribution in [-0.4, -0.2) is 0 Å². The molecule has 0 bridgehead atoms. The Labute approximate surface area is 677 Å². The molecule has 0 heteroatoms. The third-order valence-electron chi connectivity index (χ3n) is 23.5. The smallest absolute Gasteiger partial charge is 0.00255 e. The Balaban J connectivity index is 0.754. The van der Waals surface area contributed by atoms with Gasteiger partial charge in [0.1, 0.15) is 0 Å². The number of benzene rings is 21. The zero-order valence-corrected chi connectivity index (χ0v) is 63.9. The van der Waals surface area contributed by atoms with Crippen molar-refractivity contribution in [3.63, 3.8) is 0 Å². The second-order valence-corrected chi connectivity index (χ2v) is 30.7. The van der Waals surface area contributed by atoms with Gasteiger partial charge in [0.15, 0.2) is 0 Å². The predicted molar refractivity (Wildman–Crippen MR) is 495 cm³/mol. The van der Waals surface area contributed by atoms with Crippen molar-refractivity contribution in [3.8, 4) is 178 Å². The van der Waals surface area contributed by atoms with E-state index in [-0.39, 0.29) is 0 Å². The molecule has 21 aromatic rings. The zero-order chi connectivity index (χ0) is 76.8. The molecule has 21 rings (SSSR count). The molecule has 0 saturated heterocycles. The van der Waals surface area contributed by atoms with E-state index in [2.05, 4.69) is 461 Å². The molecule has 0 heterocycles. The lowest BCUT2D eigenvalue weighted by Crippen LogP contribution is -1.93. The molecule has 0 amide bonds. The van der Waals surface area contributed by atoms with Crippen molar-refractivity contribution in [2.24, 2.45) is 0 Å². The Morgan fingerprint density at radius 3 is 0.302 bits per heavy atom. The molecular weight excluding hydrogens is 1390 g/mol. The Morgan fingerprint density at radius 1 is 0.0776 bits per heavy atom. The van der Waals surface area contributed by atoms with Gasteiger partial charge in [-0.3, -0.25) is 0 Å². The average molecular weight is 1470 g/mol. The quantitative estimate of drug-likeness (QED) is 0.0668. The highest BCUT2D eigenvalue weighted by Gasteiger charge is 2.22. The molecular formula is C116H76. The van der Waals surface area contributed by atoms with Gasteiger partial charge in [0.2, 0.25) is 0 Å². The maximum Gasteiger partial charge on any atom is -0.00255 e. The van der Waals surface area contributed by atoms with Crippen molar-refractivity contribution in [2.45, 2.75) is 0 Å². The highest BCUT2D eigenvalue weighted by Crippen LogP contribution is 2.49. The first-order valence-corrected chi connectivity index (χ1v) is 40.1. The molecule has 0 atom stereocenters. The van der Waals surface area contributed by atoms with Gasteiger partial charge in [-0.25, -0.2) is 0 Å². The summed E-state index contributed by atoms with van der Waals surface area (Å²) in [4.78, 5) is 0. The van der Waals surface area contributed by atoms with Gasteiger partial charge in [0.25, 0.3) is 0 Å². The van der Waals surface area contributed by atoms with Crippen molar-refractivity contribution in [1.82, 2.24) is 0 Å². The van der Waals surface area contributed by atoms with Crippen LogP contribution in [0, 0.1) is 0 Å². The molecule has 0 N–H and O–H groups in total. The molecule has 0 saturated carbocycles. The lowest BCUT2D eigenvalue weighted by molar-refractivity contribution is 1.56.